The molecule has 0 saturated heterocycles. The minimum Gasteiger partial charge on any atom is -0.443 e. The number of nitrogens with zero attached hydrogens (tertiary/aromatic N) is 2. The third kappa shape index (κ3) is 6.02. The fourth-order valence-corrected chi connectivity index (χ4v) is 2.52. The number of benzene rings is 1. The summed E-state index contributed by atoms with van der Waals surface area (Å²) in [5.41, 5.74) is 0.811. The maximum atomic E-state index is 13.1. The number of hydrogen-bond acceptors (Lipinski definition) is 3. The van der Waals surface area contributed by atoms with E-state index in [4.69, 9.17) is 16.0 Å². The Kier molecular flexibility index (Phi) is 7.03. The van der Waals surface area contributed by atoms with Gasteiger partial charge < -0.3 is 15.1 Å². The van der Waals surface area contributed by atoms with Gasteiger partial charge in [0, 0.05) is 23.5 Å². The van der Waals surface area contributed by atoms with Crippen molar-refractivity contribution in [2.45, 2.75) is 46.1 Å². The van der Waals surface area contributed by atoms with Crippen LogP contribution in [0.5, 0.6) is 0 Å². The van der Waals surface area contributed by atoms with Gasteiger partial charge in [-0.3, -0.25) is 0 Å². The Morgan fingerprint density at radius 2 is 2.08 bits per heavy atom. The maximum Gasteiger partial charge on any atom is 0.216 e. The highest BCUT2D eigenvalue weighted by Gasteiger charge is 2.19. The topological polar surface area (TPSA) is 62.5 Å². The maximum absolute atomic E-state index is 13.1. The third-order valence-corrected chi connectivity index (χ3v) is 4.06. The molecule has 0 amide bonds. The van der Waals surface area contributed by atoms with Crippen LogP contribution < -0.4 is 10.6 Å². The van der Waals surface area contributed by atoms with Gasteiger partial charge in [0.25, 0.3) is 0 Å². The molecule has 0 saturated carbocycles. The molecule has 0 aliphatic rings. The van der Waals surface area contributed by atoms with Crippen molar-refractivity contribution in [3.05, 3.63) is 52.5 Å². The molecule has 0 spiro atoms. The second-order valence-corrected chi connectivity index (χ2v) is 7.38. The Morgan fingerprint density at radius 1 is 1.31 bits per heavy atom. The summed E-state index contributed by atoms with van der Waals surface area (Å²) in [5, 5.41) is 6.85. The summed E-state index contributed by atoms with van der Waals surface area (Å²) in [6, 6.07) is 4.44. The summed E-state index contributed by atoms with van der Waals surface area (Å²) in [6.07, 6.45) is 2.42. The van der Waals surface area contributed by atoms with Gasteiger partial charge in [-0.15, -0.1) is 0 Å². The van der Waals surface area contributed by atoms with E-state index in [1.165, 1.54) is 12.1 Å². The third-order valence-electron chi connectivity index (χ3n) is 3.71. The van der Waals surface area contributed by atoms with E-state index in [1.54, 1.807) is 12.3 Å². The Balaban J connectivity index is 1.93. The minimum atomic E-state index is -0.331. The molecule has 1 aromatic heterocycles. The average Bonchev–Trinajstić information content (AvgIpc) is 3.04. The molecule has 2 rings (SSSR count). The number of hydrogen-bond donors (Lipinski definition) is 2. The second kappa shape index (κ2) is 9.03. The lowest BCUT2D eigenvalue weighted by Gasteiger charge is -2.13. The molecule has 0 bridgehead atoms. The van der Waals surface area contributed by atoms with Gasteiger partial charge in [-0.25, -0.2) is 14.4 Å². The quantitative estimate of drug-likeness (QED) is 0.586. The number of nitrogens with one attached hydrogen (secondary N) is 2. The number of aliphatic imine (C=N–C) groups is 1. The van der Waals surface area contributed by atoms with Crippen molar-refractivity contribution in [2.24, 2.45) is 4.99 Å². The van der Waals surface area contributed by atoms with E-state index in [-0.39, 0.29) is 11.2 Å². The first-order chi connectivity index (χ1) is 12.3. The van der Waals surface area contributed by atoms with Crippen LogP contribution in [0.1, 0.15) is 44.9 Å². The summed E-state index contributed by atoms with van der Waals surface area (Å²) >= 11 is 6.05. The average molecular weight is 381 g/mol. The van der Waals surface area contributed by atoms with Crippen molar-refractivity contribution in [1.29, 1.82) is 0 Å². The molecule has 0 aliphatic heterocycles. The van der Waals surface area contributed by atoms with Crippen molar-refractivity contribution >= 4 is 17.6 Å². The monoisotopic (exact) mass is 380 g/mol. The van der Waals surface area contributed by atoms with Crippen molar-refractivity contribution in [3.63, 3.8) is 0 Å². The van der Waals surface area contributed by atoms with Crippen LogP contribution in [-0.4, -0.2) is 24.0 Å². The van der Waals surface area contributed by atoms with Crippen LogP contribution in [0.4, 0.5) is 4.39 Å². The number of oxazole rings is 1. The fourth-order valence-electron chi connectivity index (χ4n) is 2.26. The standard InChI is InChI=1S/C19H26ClFN4O/c1-5-22-18(23-9-8-13-6-7-14(21)10-15(13)20)25-12-17-24-11-16(26-17)19(2,3)4/h6-7,10-11H,5,8-9,12H2,1-4H3,(H2,22,23,25). The van der Waals surface area contributed by atoms with E-state index < -0.39 is 0 Å². The van der Waals surface area contributed by atoms with Gasteiger partial charge in [-0.2, -0.15) is 0 Å². The molecular formula is C19H26ClFN4O. The highest BCUT2D eigenvalue weighted by Crippen LogP contribution is 2.22. The first-order valence-electron chi connectivity index (χ1n) is 8.71. The molecule has 5 nitrogen and oxygen atoms in total. The van der Waals surface area contributed by atoms with Crippen molar-refractivity contribution in [2.75, 3.05) is 13.1 Å². The van der Waals surface area contributed by atoms with Crippen LogP contribution in [0.3, 0.4) is 0 Å². The number of aromatic nitrogens is 1. The minimum absolute atomic E-state index is 0.0772. The molecule has 0 fully saturated rings. The van der Waals surface area contributed by atoms with Gasteiger partial charge in [0.15, 0.2) is 5.96 Å². The smallest absolute Gasteiger partial charge is 0.216 e. The van der Waals surface area contributed by atoms with Crippen molar-refractivity contribution < 1.29 is 8.81 Å². The lowest BCUT2D eigenvalue weighted by Crippen LogP contribution is -2.38. The predicted molar refractivity (Wildman–Crippen MR) is 103 cm³/mol. The molecule has 0 unspecified atom stereocenters. The summed E-state index contributed by atoms with van der Waals surface area (Å²) in [7, 11) is 0. The molecule has 1 heterocycles. The van der Waals surface area contributed by atoms with Crippen LogP contribution >= 0.6 is 11.6 Å². The van der Waals surface area contributed by atoms with E-state index in [2.05, 4.69) is 41.4 Å². The number of halogens is 2. The molecule has 2 aromatic rings. The zero-order chi connectivity index (χ0) is 19.2. The van der Waals surface area contributed by atoms with Gasteiger partial charge in [0.2, 0.25) is 5.89 Å². The molecule has 1 aromatic carbocycles. The second-order valence-electron chi connectivity index (χ2n) is 6.98. The van der Waals surface area contributed by atoms with E-state index >= 15 is 0 Å². The van der Waals surface area contributed by atoms with E-state index in [0.29, 0.717) is 36.4 Å². The molecule has 0 aliphatic carbocycles. The summed E-state index contributed by atoms with van der Waals surface area (Å²) in [6.45, 7) is 9.93. The number of guanidine groups is 1. The van der Waals surface area contributed by atoms with E-state index in [0.717, 1.165) is 17.9 Å². The van der Waals surface area contributed by atoms with Crippen LogP contribution in [0, 0.1) is 5.82 Å². The molecule has 7 heteroatoms. The molecule has 0 radical (unpaired) electrons. The zero-order valence-corrected chi connectivity index (χ0v) is 16.5. The molecule has 142 valence electrons. The van der Waals surface area contributed by atoms with Gasteiger partial charge >= 0.3 is 0 Å². The first kappa shape index (κ1) is 20.2. The summed E-state index contributed by atoms with van der Waals surface area (Å²) in [4.78, 5) is 8.77. The SMILES string of the molecule is CCNC(=NCc1ncc(C(C)(C)C)o1)NCCc1ccc(F)cc1Cl. The predicted octanol–water partition coefficient (Wildman–Crippen LogP) is 4.06. The van der Waals surface area contributed by atoms with E-state index in [1.807, 2.05) is 6.92 Å². The Morgan fingerprint density at radius 3 is 2.69 bits per heavy atom. The fraction of sp³-hybridized carbons (Fsp3) is 0.474. The van der Waals surface area contributed by atoms with Crippen LogP contribution in [0.25, 0.3) is 0 Å². The Hall–Kier alpha value is -2.08. The lowest BCUT2D eigenvalue weighted by atomic mass is 9.94. The Labute approximate surface area is 159 Å². The van der Waals surface area contributed by atoms with Crippen molar-refractivity contribution in [1.82, 2.24) is 15.6 Å². The highest BCUT2D eigenvalue weighted by atomic mass is 35.5. The molecule has 0 atom stereocenters. The summed E-state index contributed by atoms with van der Waals surface area (Å²) < 4.78 is 18.8. The highest BCUT2D eigenvalue weighted by molar-refractivity contribution is 6.31. The first-order valence-corrected chi connectivity index (χ1v) is 9.08. The van der Waals surface area contributed by atoms with Crippen molar-refractivity contribution in [3.8, 4) is 0 Å². The van der Waals surface area contributed by atoms with Crippen LogP contribution in [0.15, 0.2) is 33.8 Å². The van der Waals surface area contributed by atoms with Gasteiger partial charge in [-0.05, 0) is 31.0 Å². The molecule has 26 heavy (non-hydrogen) atoms. The summed E-state index contributed by atoms with van der Waals surface area (Å²) in [5.74, 6) is 1.75. The largest absolute Gasteiger partial charge is 0.443 e. The van der Waals surface area contributed by atoms with Gasteiger partial charge in [0.1, 0.15) is 18.1 Å². The van der Waals surface area contributed by atoms with Crippen LogP contribution in [-0.2, 0) is 18.4 Å². The van der Waals surface area contributed by atoms with Crippen LogP contribution in [0.2, 0.25) is 5.02 Å². The van der Waals surface area contributed by atoms with Gasteiger partial charge in [0.05, 0.1) is 6.20 Å². The van der Waals surface area contributed by atoms with Gasteiger partial charge in [-0.1, -0.05) is 38.4 Å². The molecule has 2 N–H and O–H groups in total. The lowest BCUT2D eigenvalue weighted by molar-refractivity contribution is 0.383. The Bertz CT molecular complexity index is 752. The zero-order valence-electron chi connectivity index (χ0n) is 15.7. The van der Waals surface area contributed by atoms with E-state index in [9.17, 15) is 4.39 Å². The normalized spacial score (nSPS) is 12.3. The molecular weight excluding hydrogens is 355 g/mol. The number of rotatable bonds is 6.